The number of alkyl halides is 1. The Balaban J connectivity index is 1.17. The van der Waals surface area contributed by atoms with Crippen LogP contribution in [0.1, 0.15) is 131 Å². The van der Waals surface area contributed by atoms with Crippen LogP contribution in [-0.4, -0.2) is 0 Å². The zero-order chi connectivity index (χ0) is 22.4. The quantitative estimate of drug-likeness (QED) is 0.151. The van der Waals surface area contributed by atoms with Crippen LogP contribution in [0.4, 0.5) is 0 Å². The Morgan fingerprint density at radius 3 is 1.66 bits per heavy atom. The van der Waals surface area contributed by atoms with Crippen LogP contribution in [-0.2, 0) is 6.42 Å². The Hall–Kier alpha value is -1.08. The van der Waals surface area contributed by atoms with Gasteiger partial charge in [-0.25, -0.2) is 0 Å². The van der Waals surface area contributed by atoms with Crippen molar-refractivity contribution in [3.63, 3.8) is 0 Å². The van der Waals surface area contributed by atoms with E-state index in [0.717, 1.165) is 0 Å². The molecule has 2 aromatic rings. The maximum Gasteiger partial charge on any atom is 0.0656 e. The minimum atomic E-state index is 0.361. The molecule has 0 radical (unpaired) electrons. The van der Waals surface area contributed by atoms with E-state index in [1.54, 1.807) is 0 Å². The van der Waals surface area contributed by atoms with Crippen LogP contribution in [0.2, 0.25) is 0 Å². The summed E-state index contributed by atoms with van der Waals surface area (Å²) in [5.74, 6) is 0. The van der Waals surface area contributed by atoms with E-state index in [4.69, 9.17) is 0 Å². The fourth-order valence-electron chi connectivity index (χ4n) is 5.23. The van der Waals surface area contributed by atoms with E-state index in [-0.39, 0.29) is 0 Å². The molecule has 0 amide bonds. The molecule has 32 heavy (non-hydrogen) atoms. The molecule has 0 bridgehead atoms. The Bertz CT molecular complexity index is 778. The zero-order valence-electron chi connectivity index (χ0n) is 20.5. The van der Waals surface area contributed by atoms with E-state index in [9.17, 15) is 0 Å². The zero-order valence-corrected chi connectivity index (χ0v) is 22.1. The monoisotopic (exact) mass is 496 g/mol. The van der Waals surface area contributed by atoms with Gasteiger partial charge in [0, 0.05) is 0 Å². The lowest BCUT2D eigenvalue weighted by molar-refractivity contribution is 0.529. The Kier molecular flexibility index (Phi) is 11.9. The van der Waals surface area contributed by atoms with E-state index in [1.165, 1.54) is 137 Å². The average molecular weight is 498 g/mol. The molecule has 0 nitrogen and oxygen atoms in total. The second-order valence-corrected chi connectivity index (χ2v) is 10.8. The van der Waals surface area contributed by atoms with Crippen LogP contribution < -0.4 is 0 Å². The molecule has 1 aliphatic carbocycles. The SMILES string of the molecule is CCCCCCCCCCCCCCCCCCc1ccc2c(c1)C(Br)c1ccccc1-2. The first-order valence-electron chi connectivity index (χ1n) is 13.7. The van der Waals surface area contributed by atoms with E-state index in [0.29, 0.717) is 4.83 Å². The molecule has 1 aliphatic rings. The molecular formula is C31H45Br. The number of rotatable bonds is 17. The van der Waals surface area contributed by atoms with Crippen LogP contribution in [0.5, 0.6) is 0 Å². The molecular weight excluding hydrogens is 452 g/mol. The molecule has 0 fully saturated rings. The summed E-state index contributed by atoms with van der Waals surface area (Å²) < 4.78 is 0. The van der Waals surface area contributed by atoms with Gasteiger partial charge in [-0.05, 0) is 40.7 Å². The minimum absolute atomic E-state index is 0.361. The number of halogens is 1. The summed E-state index contributed by atoms with van der Waals surface area (Å²) in [4.78, 5) is 0.361. The maximum atomic E-state index is 3.92. The van der Waals surface area contributed by atoms with Crippen molar-refractivity contribution in [1.29, 1.82) is 0 Å². The van der Waals surface area contributed by atoms with Gasteiger partial charge >= 0.3 is 0 Å². The largest absolute Gasteiger partial charge is 0.0786 e. The highest BCUT2D eigenvalue weighted by molar-refractivity contribution is 9.09. The van der Waals surface area contributed by atoms with E-state index >= 15 is 0 Å². The Morgan fingerprint density at radius 1 is 0.562 bits per heavy atom. The molecule has 3 rings (SSSR count). The molecule has 176 valence electrons. The van der Waals surface area contributed by atoms with Crippen molar-refractivity contribution >= 4 is 15.9 Å². The molecule has 0 aliphatic heterocycles. The highest BCUT2D eigenvalue weighted by atomic mass is 79.9. The molecule has 0 aromatic heterocycles. The molecule has 0 saturated carbocycles. The lowest BCUT2D eigenvalue weighted by atomic mass is 9.99. The van der Waals surface area contributed by atoms with E-state index < -0.39 is 0 Å². The molecule has 0 spiro atoms. The standard InChI is InChI=1S/C31H45Br/c1-2-3-4-5-6-7-8-9-10-11-12-13-14-15-16-17-20-26-23-24-28-27-21-18-19-22-29(27)31(32)30(28)25-26/h18-19,21-25,31H,2-17,20H2,1H3. The van der Waals surface area contributed by atoms with Crippen LogP contribution >= 0.6 is 15.9 Å². The topological polar surface area (TPSA) is 0 Å². The van der Waals surface area contributed by atoms with Crippen LogP contribution in [0.3, 0.4) is 0 Å². The third kappa shape index (κ3) is 8.05. The Labute approximate surface area is 206 Å². The Morgan fingerprint density at radius 2 is 1.06 bits per heavy atom. The number of hydrogen-bond acceptors (Lipinski definition) is 0. The fourth-order valence-corrected chi connectivity index (χ4v) is 6.01. The van der Waals surface area contributed by atoms with Gasteiger partial charge in [-0.15, -0.1) is 0 Å². The summed E-state index contributed by atoms with van der Waals surface area (Å²) in [5.41, 5.74) is 7.20. The summed E-state index contributed by atoms with van der Waals surface area (Å²) in [6.45, 7) is 2.30. The predicted octanol–water partition coefficient (Wildman–Crippen LogP) is 11.0. The van der Waals surface area contributed by atoms with Gasteiger partial charge in [0.15, 0.2) is 0 Å². The van der Waals surface area contributed by atoms with Gasteiger partial charge in [0.25, 0.3) is 0 Å². The van der Waals surface area contributed by atoms with Gasteiger partial charge in [0.05, 0.1) is 4.83 Å². The summed E-state index contributed by atoms with van der Waals surface area (Å²) >= 11 is 3.92. The second-order valence-electron chi connectivity index (χ2n) is 9.92. The second kappa shape index (κ2) is 14.9. The molecule has 1 atom stereocenters. The summed E-state index contributed by atoms with van der Waals surface area (Å²) in [7, 11) is 0. The van der Waals surface area contributed by atoms with Crippen molar-refractivity contribution in [2.75, 3.05) is 0 Å². The molecule has 1 heteroatoms. The van der Waals surface area contributed by atoms with Gasteiger partial charge in [-0.1, -0.05) is 162 Å². The van der Waals surface area contributed by atoms with Crippen molar-refractivity contribution in [3.8, 4) is 11.1 Å². The van der Waals surface area contributed by atoms with Crippen molar-refractivity contribution in [1.82, 2.24) is 0 Å². The van der Waals surface area contributed by atoms with Crippen molar-refractivity contribution in [2.45, 2.75) is 121 Å². The number of unbranched alkanes of at least 4 members (excludes halogenated alkanes) is 15. The average Bonchev–Trinajstić information content (AvgIpc) is 3.10. The first-order valence-corrected chi connectivity index (χ1v) is 14.6. The van der Waals surface area contributed by atoms with Gasteiger partial charge in [0.2, 0.25) is 0 Å². The predicted molar refractivity (Wildman–Crippen MR) is 146 cm³/mol. The first kappa shape index (κ1) is 25.5. The van der Waals surface area contributed by atoms with Crippen molar-refractivity contribution in [2.24, 2.45) is 0 Å². The summed E-state index contributed by atoms with van der Waals surface area (Å²) in [5, 5.41) is 0. The van der Waals surface area contributed by atoms with E-state index in [2.05, 4.69) is 65.3 Å². The number of fused-ring (bicyclic) bond motifs is 3. The van der Waals surface area contributed by atoms with Crippen LogP contribution in [0, 0.1) is 0 Å². The minimum Gasteiger partial charge on any atom is -0.0786 e. The van der Waals surface area contributed by atoms with Crippen molar-refractivity contribution in [3.05, 3.63) is 59.2 Å². The highest BCUT2D eigenvalue weighted by Gasteiger charge is 2.26. The van der Waals surface area contributed by atoms with Gasteiger partial charge in [0.1, 0.15) is 0 Å². The van der Waals surface area contributed by atoms with E-state index in [1.807, 2.05) is 0 Å². The number of benzene rings is 2. The fraction of sp³-hybridized carbons (Fsp3) is 0.613. The lowest BCUT2D eigenvalue weighted by Gasteiger charge is -2.08. The molecule has 0 N–H and O–H groups in total. The van der Waals surface area contributed by atoms with Crippen LogP contribution in [0.25, 0.3) is 11.1 Å². The van der Waals surface area contributed by atoms with Crippen molar-refractivity contribution < 1.29 is 0 Å². The third-order valence-electron chi connectivity index (χ3n) is 7.23. The first-order chi connectivity index (χ1) is 15.8. The maximum absolute atomic E-state index is 3.92. The summed E-state index contributed by atoms with van der Waals surface area (Å²) in [6.07, 6.45) is 24.2. The molecule has 1 unspecified atom stereocenters. The van der Waals surface area contributed by atoms with Crippen LogP contribution in [0.15, 0.2) is 42.5 Å². The summed E-state index contributed by atoms with van der Waals surface area (Å²) in [6, 6.07) is 16.0. The highest BCUT2D eigenvalue weighted by Crippen LogP contribution is 2.48. The van der Waals surface area contributed by atoms with Gasteiger partial charge < -0.3 is 0 Å². The number of aryl methyl sites for hydroxylation is 1. The third-order valence-corrected chi connectivity index (χ3v) is 8.22. The molecule has 0 heterocycles. The normalized spacial score (nSPS) is 14.5. The number of hydrogen-bond donors (Lipinski definition) is 0. The smallest absolute Gasteiger partial charge is 0.0656 e. The molecule has 2 aromatic carbocycles. The molecule has 0 saturated heterocycles. The lowest BCUT2D eigenvalue weighted by Crippen LogP contribution is -1.91. The van der Waals surface area contributed by atoms with Gasteiger partial charge in [-0.2, -0.15) is 0 Å². The van der Waals surface area contributed by atoms with Gasteiger partial charge in [-0.3, -0.25) is 0 Å².